The summed E-state index contributed by atoms with van der Waals surface area (Å²) in [6.07, 6.45) is 1.44. The number of hydrogen-bond acceptors (Lipinski definition) is 3. The van der Waals surface area contributed by atoms with Crippen LogP contribution in [0, 0.1) is 0 Å². The summed E-state index contributed by atoms with van der Waals surface area (Å²) in [4.78, 5) is 25.9. The molecule has 0 aliphatic rings. The lowest BCUT2D eigenvalue weighted by Crippen LogP contribution is -2.27. The Morgan fingerprint density at radius 1 is 0.893 bits per heavy atom. The lowest BCUT2D eigenvalue weighted by molar-refractivity contribution is -0.132. The molecule has 0 unspecified atom stereocenters. The molecule has 28 heavy (non-hydrogen) atoms. The van der Waals surface area contributed by atoms with Crippen LogP contribution >= 0.6 is 27.7 Å². The van der Waals surface area contributed by atoms with Crippen molar-refractivity contribution in [3.05, 3.63) is 100 Å². The zero-order chi connectivity index (χ0) is 19.9. The third kappa shape index (κ3) is 5.34. The maximum absolute atomic E-state index is 12.2. The Hall–Kier alpha value is -2.83. The number of nitrogens with one attached hydrogen (secondary N) is 1. The number of hydrogen-bond donors (Lipinski definition) is 2. The molecule has 0 fully saturated rings. The van der Waals surface area contributed by atoms with Crippen LogP contribution in [0.5, 0.6) is 0 Å². The summed E-state index contributed by atoms with van der Waals surface area (Å²) < 4.78 is 1.01. The zero-order valence-electron chi connectivity index (χ0n) is 14.6. The Kier molecular flexibility index (Phi) is 6.68. The second kappa shape index (κ2) is 9.39. The molecule has 2 N–H and O–H groups in total. The maximum atomic E-state index is 12.2. The third-order valence-corrected chi connectivity index (χ3v) is 5.81. The molecule has 0 spiro atoms. The van der Waals surface area contributed by atoms with Crippen LogP contribution in [0.3, 0.4) is 0 Å². The molecule has 0 saturated carbocycles. The molecular weight excluding hydrogens is 438 g/mol. The van der Waals surface area contributed by atoms with E-state index in [1.807, 2.05) is 48.5 Å². The number of halogens is 1. The zero-order valence-corrected chi connectivity index (χ0v) is 17.0. The van der Waals surface area contributed by atoms with Crippen molar-refractivity contribution in [2.45, 2.75) is 9.79 Å². The second-order valence-corrected chi connectivity index (χ2v) is 7.75. The van der Waals surface area contributed by atoms with E-state index in [2.05, 4.69) is 21.2 Å². The standard InChI is InChI=1S/C22H16BrNO3S/c23-18-8-4-5-9-20(18)28-17-12-10-15(11-13-17)14-19(22(26)27)24-21(25)16-6-2-1-3-7-16/h1-14H,(H,24,25)(H,26,27)/b19-14-. The molecule has 1 amide bonds. The molecule has 6 heteroatoms. The molecule has 0 saturated heterocycles. The SMILES string of the molecule is O=C(O)/C(=C/c1ccc(Sc2ccccc2Br)cc1)NC(=O)c1ccccc1. The Bertz CT molecular complexity index is 1020. The van der Waals surface area contributed by atoms with Gasteiger partial charge >= 0.3 is 5.97 Å². The van der Waals surface area contributed by atoms with Gasteiger partial charge in [0.2, 0.25) is 0 Å². The van der Waals surface area contributed by atoms with E-state index in [-0.39, 0.29) is 5.70 Å². The van der Waals surface area contributed by atoms with Crippen LogP contribution in [-0.2, 0) is 4.79 Å². The van der Waals surface area contributed by atoms with Gasteiger partial charge in [-0.15, -0.1) is 0 Å². The lowest BCUT2D eigenvalue weighted by Gasteiger charge is -2.07. The fourth-order valence-corrected chi connectivity index (χ4v) is 3.75. The van der Waals surface area contributed by atoms with Gasteiger partial charge in [-0.05, 0) is 64.0 Å². The number of benzene rings is 3. The number of aliphatic carboxylic acids is 1. The summed E-state index contributed by atoms with van der Waals surface area (Å²) in [5.74, 6) is -1.66. The van der Waals surface area contributed by atoms with E-state index >= 15 is 0 Å². The van der Waals surface area contributed by atoms with Gasteiger partial charge in [0, 0.05) is 19.8 Å². The quantitative estimate of drug-likeness (QED) is 0.486. The monoisotopic (exact) mass is 453 g/mol. The Labute approximate surface area is 175 Å². The molecule has 3 rings (SSSR count). The third-order valence-electron chi connectivity index (χ3n) is 3.77. The normalized spacial score (nSPS) is 11.1. The molecule has 3 aromatic rings. The van der Waals surface area contributed by atoms with Gasteiger partial charge < -0.3 is 10.4 Å². The molecule has 4 nitrogen and oxygen atoms in total. The molecule has 0 bridgehead atoms. The van der Waals surface area contributed by atoms with Gasteiger partial charge in [-0.25, -0.2) is 4.79 Å². The van der Waals surface area contributed by atoms with Gasteiger partial charge in [0.15, 0.2) is 0 Å². The number of amides is 1. The summed E-state index contributed by atoms with van der Waals surface area (Å²) in [5.41, 5.74) is 0.900. The van der Waals surface area contributed by atoms with Crippen LogP contribution in [0.15, 0.2) is 98.8 Å². The second-order valence-electron chi connectivity index (χ2n) is 5.78. The molecule has 0 heterocycles. The molecular formula is C22H16BrNO3S. The van der Waals surface area contributed by atoms with Gasteiger partial charge in [-0.3, -0.25) is 4.79 Å². The van der Waals surface area contributed by atoms with Crippen molar-refractivity contribution < 1.29 is 14.7 Å². The van der Waals surface area contributed by atoms with E-state index in [1.54, 1.807) is 42.1 Å². The van der Waals surface area contributed by atoms with E-state index in [4.69, 9.17) is 0 Å². The van der Waals surface area contributed by atoms with Gasteiger partial charge in [0.25, 0.3) is 5.91 Å². The highest BCUT2D eigenvalue weighted by Crippen LogP contribution is 2.33. The van der Waals surface area contributed by atoms with Crippen LogP contribution in [0.1, 0.15) is 15.9 Å². The predicted molar refractivity (Wildman–Crippen MR) is 114 cm³/mol. The van der Waals surface area contributed by atoms with Crippen LogP contribution < -0.4 is 5.32 Å². The van der Waals surface area contributed by atoms with Crippen molar-refractivity contribution in [1.29, 1.82) is 0 Å². The molecule has 140 valence electrons. The van der Waals surface area contributed by atoms with Crippen molar-refractivity contribution in [2.24, 2.45) is 0 Å². The highest BCUT2D eigenvalue weighted by molar-refractivity contribution is 9.10. The van der Waals surface area contributed by atoms with E-state index in [1.165, 1.54) is 6.08 Å². The van der Waals surface area contributed by atoms with Crippen LogP contribution in [-0.4, -0.2) is 17.0 Å². The molecule has 0 aliphatic carbocycles. The summed E-state index contributed by atoms with van der Waals surface area (Å²) >= 11 is 5.13. The van der Waals surface area contributed by atoms with Gasteiger partial charge in [-0.2, -0.15) is 0 Å². The van der Waals surface area contributed by atoms with Crippen molar-refractivity contribution >= 4 is 45.6 Å². The minimum absolute atomic E-state index is 0.181. The summed E-state index contributed by atoms with van der Waals surface area (Å²) in [6.45, 7) is 0. The van der Waals surface area contributed by atoms with Crippen LogP contribution in [0.4, 0.5) is 0 Å². The van der Waals surface area contributed by atoms with Crippen molar-refractivity contribution in [3.63, 3.8) is 0 Å². The summed E-state index contributed by atoms with van der Waals surface area (Å²) in [7, 11) is 0. The van der Waals surface area contributed by atoms with Gasteiger partial charge in [0.05, 0.1) is 0 Å². The average molecular weight is 454 g/mol. The topological polar surface area (TPSA) is 66.4 Å². The number of carboxylic acid groups (broad SMARTS) is 1. The average Bonchev–Trinajstić information content (AvgIpc) is 2.71. The summed E-state index contributed by atoms with van der Waals surface area (Å²) in [5, 5.41) is 11.9. The number of carbonyl (C=O) groups is 2. The first kappa shape index (κ1) is 19.9. The van der Waals surface area contributed by atoms with Crippen LogP contribution in [0.25, 0.3) is 6.08 Å². The largest absolute Gasteiger partial charge is 0.477 e. The lowest BCUT2D eigenvalue weighted by atomic mass is 10.1. The fourth-order valence-electron chi connectivity index (χ4n) is 2.39. The summed E-state index contributed by atoms with van der Waals surface area (Å²) in [6, 6.07) is 23.9. The molecule has 0 radical (unpaired) electrons. The Morgan fingerprint density at radius 3 is 2.18 bits per heavy atom. The fraction of sp³-hybridized carbons (Fsp3) is 0. The number of carbonyl (C=O) groups excluding carboxylic acids is 1. The first-order chi connectivity index (χ1) is 13.5. The minimum Gasteiger partial charge on any atom is -0.477 e. The van der Waals surface area contributed by atoms with Gasteiger partial charge in [-0.1, -0.05) is 54.2 Å². The first-order valence-electron chi connectivity index (χ1n) is 8.37. The van der Waals surface area contributed by atoms with E-state index < -0.39 is 11.9 Å². The van der Waals surface area contributed by atoms with E-state index in [0.29, 0.717) is 11.1 Å². The number of carboxylic acids is 1. The van der Waals surface area contributed by atoms with E-state index in [0.717, 1.165) is 14.3 Å². The first-order valence-corrected chi connectivity index (χ1v) is 9.98. The highest BCUT2D eigenvalue weighted by atomic mass is 79.9. The smallest absolute Gasteiger partial charge is 0.352 e. The predicted octanol–water partition coefficient (Wildman–Crippen LogP) is 5.46. The van der Waals surface area contributed by atoms with Gasteiger partial charge in [0.1, 0.15) is 5.70 Å². The number of rotatable bonds is 6. The van der Waals surface area contributed by atoms with Crippen molar-refractivity contribution in [2.75, 3.05) is 0 Å². The van der Waals surface area contributed by atoms with E-state index in [9.17, 15) is 14.7 Å². The van der Waals surface area contributed by atoms with Crippen molar-refractivity contribution in [3.8, 4) is 0 Å². The highest BCUT2D eigenvalue weighted by Gasteiger charge is 2.13. The molecule has 0 atom stereocenters. The maximum Gasteiger partial charge on any atom is 0.352 e. The van der Waals surface area contributed by atoms with Crippen LogP contribution in [0.2, 0.25) is 0 Å². The Balaban J connectivity index is 1.75. The molecule has 3 aromatic carbocycles. The molecule has 0 aromatic heterocycles. The molecule has 0 aliphatic heterocycles. The Morgan fingerprint density at radius 2 is 1.54 bits per heavy atom. The van der Waals surface area contributed by atoms with Crippen molar-refractivity contribution in [1.82, 2.24) is 5.32 Å². The minimum atomic E-state index is -1.20.